The summed E-state index contributed by atoms with van der Waals surface area (Å²) in [4.78, 5) is 0. The highest BCUT2D eigenvalue weighted by Gasteiger charge is 2.01. The molecule has 0 bridgehead atoms. The molecular weight excluding hydrogens is 184 g/mol. The number of benzene rings is 1. The van der Waals surface area contributed by atoms with E-state index in [1.54, 1.807) is 0 Å². The van der Waals surface area contributed by atoms with Crippen LogP contribution in [-0.2, 0) is 6.42 Å². The molecule has 13 heavy (non-hydrogen) atoms. The van der Waals surface area contributed by atoms with Gasteiger partial charge in [0.1, 0.15) is 0 Å². The van der Waals surface area contributed by atoms with Crippen LogP contribution in [0.15, 0.2) is 18.2 Å². The van der Waals surface area contributed by atoms with Gasteiger partial charge in [-0.2, -0.15) is 0 Å². The molecule has 0 spiro atoms. The number of hydrogen-bond acceptors (Lipinski definition) is 2. The first-order chi connectivity index (χ1) is 6.29. The van der Waals surface area contributed by atoms with Crippen LogP contribution in [0.2, 0.25) is 0 Å². The van der Waals surface area contributed by atoms with E-state index in [1.165, 1.54) is 6.21 Å². The molecule has 0 fully saturated rings. The lowest BCUT2D eigenvalue weighted by Crippen LogP contribution is -1.99. The third-order valence-corrected chi connectivity index (χ3v) is 2.23. The first kappa shape index (κ1) is 10.1. The molecule has 0 aliphatic heterocycles. The number of nitrogens with one attached hydrogen (secondary N) is 1. The van der Waals surface area contributed by atoms with Gasteiger partial charge < -0.3 is 11.1 Å². The van der Waals surface area contributed by atoms with E-state index in [-0.39, 0.29) is 0 Å². The van der Waals surface area contributed by atoms with Crippen molar-refractivity contribution < 1.29 is 0 Å². The molecule has 70 valence electrons. The van der Waals surface area contributed by atoms with Crippen molar-refractivity contribution in [2.24, 2.45) is 0 Å². The summed E-state index contributed by atoms with van der Waals surface area (Å²) in [5.41, 5.74) is 8.42. The van der Waals surface area contributed by atoms with Gasteiger partial charge in [0.05, 0.1) is 0 Å². The Kier molecular flexibility index (Phi) is 3.77. The number of aryl methyl sites for hydroxylation is 1. The topological polar surface area (TPSA) is 49.9 Å². The van der Waals surface area contributed by atoms with E-state index in [0.717, 1.165) is 24.0 Å². The summed E-state index contributed by atoms with van der Waals surface area (Å²) in [5.74, 6) is 0.647. The standard InChI is InChI=1S/C10H13ClN2/c11-6-2-5-8-3-1-4-9(7-12)10(8)13/h1,3-4,7,12H,2,5-6,13H2. The number of para-hydroxylation sites is 1. The molecule has 0 aliphatic rings. The molecule has 0 aromatic heterocycles. The molecule has 0 radical (unpaired) electrons. The lowest BCUT2D eigenvalue weighted by Gasteiger charge is -2.06. The number of anilines is 1. The lowest BCUT2D eigenvalue weighted by atomic mass is 10.0. The van der Waals surface area contributed by atoms with Crippen molar-refractivity contribution in [3.63, 3.8) is 0 Å². The highest BCUT2D eigenvalue weighted by molar-refractivity contribution is 6.17. The Morgan fingerprint density at radius 3 is 2.85 bits per heavy atom. The van der Waals surface area contributed by atoms with Crippen LogP contribution in [0.5, 0.6) is 0 Å². The van der Waals surface area contributed by atoms with Gasteiger partial charge in [-0.25, -0.2) is 0 Å². The third-order valence-electron chi connectivity index (χ3n) is 1.97. The first-order valence-electron chi connectivity index (χ1n) is 4.23. The molecule has 3 heteroatoms. The second-order valence-corrected chi connectivity index (χ2v) is 3.23. The zero-order chi connectivity index (χ0) is 9.68. The van der Waals surface area contributed by atoms with E-state index in [4.69, 9.17) is 22.7 Å². The number of nitrogens with two attached hydrogens (primary N) is 1. The number of alkyl halides is 1. The van der Waals surface area contributed by atoms with E-state index in [9.17, 15) is 0 Å². The monoisotopic (exact) mass is 196 g/mol. The van der Waals surface area contributed by atoms with Gasteiger partial charge in [-0.1, -0.05) is 18.2 Å². The van der Waals surface area contributed by atoms with Gasteiger partial charge >= 0.3 is 0 Å². The number of hydrogen-bond donors (Lipinski definition) is 2. The fourth-order valence-corrected chi connectivity index (χ4v) is 1.37. The molecule has 1 rings (SSSR count). The Morgan fingerprint density at radius 1 is 1.46 bits per heavy atom. The van der Waals surface area contributed by atoms with Crippen LogP contribution in [0.25, 0.3) is 0 Å². The molecule has 1 aromatic rings. The molecule has 1 aromatic carbocycles. The normalized spacial score (nSPS) is 9.92. The summed E-state index contributed by atoms with van der Waals surface area (Å²) in [6, 6.07) is 5.74. The summed E-state index contributed by atoms with van der Waals surface area (Å²) >= 11 is 5.59. The van der Waals surface area contributed by atoms with Crippen LogP contribution in [-0.4, -0.2) is 12.1 Å². The van der Waals surface area contributed by atoms with Crippen LogP contribution in [0.3, 0.4) is 0 Å². The van der Waals surface area contributed by atoms with Crippen LogP contribution in [0, 0.1) is 5.41 Å². The molecule has 0 saturated heterocycles. The molecule has 0 atom stereocenters. The van der Waals surface area contributed by atoms with E-state index < -0.39 is 0 Å². The van der Waals surface area contributed by atoms with Gasteiger partial charge in [0.2, 0.25) is 0 Å². The minimum atomic E-state index is 0.647. The third kappa shape index (κ3) is 2.46. The van der Waals surface area contributed by atoms with E-state index >= 15 is 0 Å². The van der Waals surface area contributed by atoms with Crippen molar-refractivity contribution in [1.82, 2.24) is 0 Å². The molecule has 0 amide bonds. The smallest absolute Gasteiger partial charge is 0.0435 e. The average molecular weight is 197 g/mol. The zero-order valence-electron chi connectivity index (χ0n) is 7.39. The number of nitrogen functional groups attached to an aromatic ring is 1. The molecule has 2 nitrogen and oxygen atoms in total. The van der Waals surface area contributed by atoms with Crippen LogP contribution < -0.4 is 5.73 Å². The molecule has 0 aliphatic carbocycles. The predicted octanol–water partition coefficient (Wildman–Crippen LogP) is 2.44. The number of halogens is 1. The van der Waals surface area contributed by atoms with Gasteiger partial charge in [0, 0.05) is 23.3 Å². The minimum Gasteiger partial charge on any atom is -0.398 e. The van der Waals surface area contributed by atoms with Crippen LogP contribution >= 0.6 is 11.6 Å². The van der Waals surface area contributed by atoms with Crippen molar-refractivity contribution in [1.29, 1.82) is 5.41 Å². The quantitative estimate of drug-likeness (QED) is 0.434. The lowest BCUT2D eigenvalue weighted by molar-refractivity contribution is 0.931. The summed E-state index contributed by atoms with van der Waals surface area (Å²) in [7, 11) is 0. The van der Waals surface area contributed by atoms with Crippen molar-refractivity contribution >= 4 is 23.5 Å². The zero-order valence-corrected chi connectivity index (χ0v) is 8.14. The summed E-state index contributed by atoms with van der Waals surface area (Å²) in [6.45, 7) is 0. The van der Waals surface area contributed by atoms with Crippen molar-refractivity contribution in [2.45, 2.75) is 12.8 Å². The maximum Gasteiger partial charge on any atom is 0.0435 e. The second kappa shape index (κ2) is 4.87. The molecule has 3 N–H and O–H groups in total. The highest BCUT2D eigenvalue weighted by Crippen LogP contribution is 2.17. The summed E-state index contributed by atoms with van der Waals surface area (Å²) in [6.07, 6.45) is 3.09. The SMILES string of the molecule is N=Cc1cccc(CCCCl)c1N. The van der Waals surface area contributed by atoms with Crippen molar-refractivity contribution in [2.75, 3.05) is 11.6 Å². The Hall–Kier alpha value is -1.02. The van der Waals surface area contributed by atoms with Gasteiger partial charge in [-0.3, -0.25) is 0 Å². The van der Waals surface area contributed by atoms with Crippen LogP contribution in [0.1, 0.15) is 17.5 Å². The van der Waals surface area contributed by atoms with Crippen molar-refractivity contribution in [3.8, 4) is 0 Å². The number of rotatable bonds is 4. The van der Waals surface area contributed by atoms with Gasteiger partial charge in [0.25, 0.3) is 0 Å². The van der Waals surface area contributed by atoms with Gasteiger partial charge in [-0.15, -0.1) is 11.6 Å². The second-order valence-electron chi connectivity index (χ2n) is 2.86. The maximum absolute atomic E-state index is 7.13. The Morgan fingerprint density at radius 2 is 2.23 bits per heavy atom. The summed E-state index contributed by atoms with van der Waals surface area (Å²) < 4.78 is 0. The Balaban J connectivity index is 2.87. The average Bonchev–Trinajstić information content (AvgIpc) is 2.16. The largest absolute Gasteiger partial charge is 0.398 e. The maximum atomic E-state index is 7.13. The summed E-state index contributed by atoms with van der Waals surface area (Å²) in [5, 5.41) is 7.13. The van der Waals surface area contributed by atoms with Gasteiger partial charge in [0.15, 0.2) is 0 Å². The van der Waals surface area contributed by atoms with Gasteiger partial charge in [-0.05, 0) is 18.4 Å². The molecule has 0 unspecified atom stereocenters. The molecule has 0 saturated carbocycles. The van der Waals surface area contributed by atoms with E-state index in [2.05, 4.69) is 0 Å². The minimum absolute atomic E-state index is 0.647. The van der Waals surface area contributed by atoms with E-state index in [1.807, 2.05) is 18.2 Å². The molecular formula is C10H13ClN2. The predicted molar refractivity (Wildman–Crippen MR) is 57.8 cm³/mol. The first-order valence-corrected chi connectivity index (χ1v) is 4.77. The highest BCUT2D eigenvalue weighted by atomic mass is 35.5. The molecule has 0 heterocycles. The Labute approximate surface area is 83.2 Å². The Bertz CT molecular complexity index is 297. The van der Waals surface area contributed by atoms with Crippen molar-refractivity contribution in [3.05, 3.63) is 29.3 Å². The fraction of sp³-hybridized carbons (Fsp3) is 0.300. The van der Waals surface area contributed by atoms with Crippen LogP contribution in [0.4, 0.5) is 5.69 Å². The fourth-order valence-electron chi connectivity index (χ4n) is 1.23. The van der Waals surface area contributed by atoms with E-state index in [0.29, 0.717) is 11.6 Å².